The van der Waals surface area contributed by atoms with Crippen LogP contribution in [0.4, 0.5) is 0 Å². The molecular formula is C67H65ClO28S7. The van der Waals surface area contributed by atoms with Gasteiger partial charge in [-0.1, -0.05) is 123 Å². The van der Waals surface area contributed by atoms with Crippen molar-refractivity contribution < 1.29 is 129 Å². The smallest absolute Gasteiger partial charge is 0.347 e. The molecule has 3 atom stereocenters. The molecule has 0 saturated heterocycles. The van der Waals surface area contributed by atoms with Gasteiger partial charge in [-0.3, -0.25) is 34.1 Å². The van der Waals surface area contributed by atoms with Gasteiger partial charge in [0.2, 0.25) is 11.1 Å². The van der Waals surface area contributed by atoms with Gasteiger partial charge in [-0.15, -0.1) is 0 Å². The third-order valence-corrected chi connectivity index (χ3v) is 23.1. The summed E-state index contributed by atoms with van der Waals surface area (Å²) >= 11 is 4.41. The average molecular weight is 1580 g/mol. The maximum Gasteiger partial charge on any atom is 0.347 e. The lowest BCUT2D eigenvalue weighted by Crippen LogP contribution is -2.22. The van der Waals surface area contributed by atoms with E-state index < -0.39 is 131 Å². The van der Waals surface area contributed by atoms with Crippen molar-refractivity contribution in [1.82, 2.24) is 0 Å². The molecule has 0 saturated carbocycles. The maximum absolute atomic E-state index is 12.5. The van der Waals surface area contributed by atoms with Gasteiger partial charge in [0.15, 0.2) is 90.2 Å². The van der Waals surface area contributed by atoms with E-state index in [0.717, 1.165) is 23.1 Å². The number of carbonyl (C=O) groups excluding carboxylic acids is 1. The number of carbonyl (C=O) groups is 6. The predicted molar refractivity (Wildman–Crippen MR) is 374 cm³/mol. The Bertz CT molecular complexity index is 4830. The van der Waals surface area contributed by atoms with Crippen molar-refractivity contribution in [2.24, 2.45) is 0 Å². The molecule has 103 heavy (non-hydrogen) atoms. The third kappa shape index (κ3) is 31.5. The SMILES string of the molecule is CCC(C)c1ccc(S(=O)(=O)CC(=O)O)cc1.Cc1cccc(S(=O)(=O)C(C(=O)O)c2ccccc2)c1.O=C(O)CS(=O)(=O)c1ccc(Cl)cc1.O=C(O)CS(=O)(=O)c1ccc(OS(=O)c2ccccc2)cc1.O=C(O)CS(=O)(=O)c1cccc(SOC(=O)COO)c1.OOC#Cc1ccccc1. The lowest BCUT2D eigenvalue weighted by Gasteiger charge is -2.14. The van der Waals surface area contributed by atoms with E-state index in [9.17, 15) is 80.2 Å². The van der Waals surface area contributed by atoms with Gasteiger partial charge >= 0.3 is 35.8 Å². The van der Waals surface area contributed by atoms with Crippen LogP contribution in [0.25, 0.3) is 0 Å². The molecular weight excluding hydrogens is 1510 g/mol. The zero-order valence-electron chi connectivity index (χ0n) is 54.0. The molecule has 0 radical (unpaired) electrons. The molecule has 550 valence electrons. The Balaban J connectivity index is 0.000000326. The van der Waals surface area contributed by atoms with E-state index in [0.29, 0.717) is 27.9 Å². The van der Waals surface area contributed by atoms with Gasteiger partial charge in [0.1, 0.15) is 5.75 Å². The highest BCUT2D eigenvalue weighted by molar-refractivity contribution is 7.95. The van der Waals surface area contributed by atoms with E-state index in [-0.39, 0.29) is 40.7 Å². The number of rotatable bonds is 25. The van der Waals surface area contributed by atoms with Crippen LogP contribution in [0.5, 0.6) is 5.75 Å². The molecule has 0 aliphatic heterocycles. The third-order valence-electron chi connectivity index (χ3n) is 12.7. The fourth-order valence-electron chi connectivity index (χ4n) is 7.74. The number of carboxylic acid groups (broad SMARTS) is 5. The summed E-state index contributed by atoms with van der Waals surface area (Å²) in [5.41, 5.74) is 2.89. The molecule has 8 aromatic rings. The van der Waals surface area contributed by atoms with Gasteiger partial charge in [-0.25, -0.2) is 56.0 Å². The van der Waals surface area contributed by atoms with E-state index in [1.807, 2.05) is 30.3 Å². The molecule has 0 fully saturated rings. The summed E-state index contributed by atoms with van der Waals surface area (Å²) in [6.07, 6.45) is 3.04. The summed E-state index contributed by atoms with van der Waals surface area (Å²) in [6.45, 7) is 5.21. The molecule has 36 heteroatoms. The van der Waals surface area contributed by atoms with E-state index in [4.69, 9.17) is 46.7 Å². The van der Waals surface area contributed by atoms with Crippen LogP contribution in [0.1, 0.15) is 53.7 Å². The van der Waals surface area contributed by atoms with E-state index in [1.54, 1.807) is 79.7 Å². The van der Waals surface area contributed by atoms with Crippen molar-refractivity contribution in [3.8, 4) is 17.8 Å². The summed E-state index contributed by atoms with van der Waals surface area (Å²) < 4.78 is 140. The molecule has 0 amide bonds. The number of halogens is 1. The fraction of sp³-hybridized carbons (Fsp3) is 0.164. The molecule has 0 aliphatic rings. The lowest BCUT2D eigenvalue weighted by atomic mass is 9.99. The van der Waals surface area contributed by atoms with Crippen molar-refractivity contribution in [3.63, 3.8) is 0 Å². The number of carboxylic acids is 5. The zero-order valence-corrected chi connectivity index (χ0v) is 60.5. The van der Waals surface area contributed by atoms with Gasteiger partial charge < -0.3 is 33.9 Å². The first-order chi connectivity index (χ1) is 48.4. The molecule has 7 N–H and O–H groups in total. The second-order valence-corrected chi connectivity index (χ2v) is 32.8. The van der Waals surface area contributed by atoms with Gasteiger partial charge in [0.05, 0.1) is 41.4 Å². The number of hydrogen-bond acceptors (Lipinski definition) is 24. The number of sulfone groups is 5. The van der Waals surface area contributed by atoms with Crippen molar-refractivity contribution in [3.05, 3.63) is 240 Å². The maximum atomic E-state index is 12.5. The summed E-state index contributed by atoms with van der Waals surface area (Å²) in [4.78, 5) is 71.6. The normalized spacial score (nSPS) is 11.8. The highest BCUT2D eigenvalue weighted by atomic mass is 35.5. The predicted octanol–water partition coefficient (Wildman–Crippen LogP) is 9.57. The highest BCUT2D eigenvalue weighted by Gasteiger charge is 2.35. The number of aryl methyl sites for hydroxylation is 1. The molecule has 8 rings (SSSR count). The van der Waals surface area contributed by atoms with Gasteiger partial charge in [0, 0.05) is 15.5 Å². The molecule has 28 nitrogen and oxygen atoms in total. The Morgan fingerprint density at radius 1 is 0.505 bits per heavy atom. The highest BCUT2D eigenvalue weighted by Crippen LogP contribution is 2.30. The summed E-state index contributed by atoms with van der Waals surface area (Å²) in [5.74, 6) is -8.47. The van der Waals surface area contributed by atoms with Crippen LogP contribution < -0.4 is 4.18 Å². The fourth-order valence-corrected chi connectivity index (χ4v) is 15.1. The molecule has 3 unspecified atom stereocenters. The monoisotopic (exact) mass is 1580 g/mol. The Morgan fingerprint density at radius 2 is 0.932 bits per heavy atom. The summed E-state index contributed by atoms with van der Waals surface area (Å²) in [5, 5.41) is 58.0. The van der Waals surface area contributed by atoms with Crippen LogP contribution in [0.3, 0.4) is 0 Å². The molecule has 0 heterocycles. The molecule has 0 spiro atoms. The topological polar surface area (TPSA) is 469 Å². The van der Waals surface area contributed by atoms with Crippen LogP contribution in [-0.2, 0) is 103 Å². The van der Waals surface area contributed by atoms with E-state index in [1.165, 1.54) is 109 Å². The average Bonchev–Trinajstić information content (AvgIpc) is 0.815. The van der Waals surface area contributed by atoms with Gasteiger partial charge in [-0.05, 0) is 157 Å². The van der Waals surface area contributed by atoms with E-state index >= 15 is 0 Å². The molecule has 0 bridgehead atoms. The van der Waals surface area contributed by atoms with Crippen molar-refractivity contribution in [1.29, 1.82) is 0 Å². The first-order valence-corrected chi connectivity index (χ1v) is 39.3. The van der Waals surface area contributed by atoms with Crippen LogP contribution in [-0.4, -0.2) is 148 Å². The second kappa shape index (κ2) is 42.6. The Labute approximate surface area is 604 Å². The largest absolute Gasteiger partial charge is 0.480 e. The van der Waals surface area contributed by atoms with Crippen molar-refractivity contribution >= 4 is 120 Å². The molecule has 0 aliphatic carbocycles. The molecule has 0 aromatic heterocycles. The summed E-state index contributed by atoms with van der Waals surface area (Å²) in [7, 11) is -19.3. The Kier molecular flexibility index (Phi) is 36.1. The lowest BCUT2D eigenvalue weighted by molar-refractivity contribution is -0.242. The number of hydrogen-bond donors (Lipinski definition) is 7. The number of aliphatic carboxylic acids is 5. The van der Waals surface area contributed by atoms with Crippen LogP contribution in [0.15, 0.2) is 247 Å². The Morgan fingerprint density at radius 3 is 1.37 bits per heavy atom. The second-order valence-electron chi connectivity index (χ2n) is 20.5. The standard InChI is InChI=1S/C15H14O4S.C14H12O6S2.C12H16O4S.C10H10O8S2.C8H7ClO4S.C8H6O2/c1-11-6-5-9-13(10-11)20(18,19)14(15(16)17)12-7-3-2-4-8-12;15-14(16)10-22(18,19)13-8-6-11(7-9-13)20-21(17)12-4-2-1-3-5-12;1-3-9(2)10-4-6-11(7-5-10)17(15,16)8-12(13)14;11-9(12)6-20(15,16)8-3-1-2-7(4-8)19-18-10(13)5-17-14;9-6-1-3-7(4-2-6)14(12,13)5-8(10)11;9-10-7-6-8-4-2-1-3-5-8/h2-10,14H,1H3,(H,16,17);1-9H,10H2,(H,15,16);4-7,9H,3,8H2,1-2H3,(H,13,14);1-4,14H,5-6H2,(H,11,12);1-4H,5H2,(H,10,11);1-5,9H. The van der Waals surface area contributed by atoms with Crippen molar-refractivity contribution in [2.75, 3.05) is 29.6 Å². The first-order valence-electron chi connectivity index (χ1n) is 28.9. The first kappa shape index (κ1) is 87.4. The number of benzene rings is 8. The quantitative estimate of drug-likeness (QED) is 0.0121. The van der Waals surface area contributed by atoms with Crippen LogP contribution in [0.2, 0.25) is 5.02 Å². The van der Waals surface area contributed by atoms with Crippen molar-refractivity contribution in [2.45, 2.75) is 72.6 Å². The molecule has 8 aromatic carbocycles. The minimum atomic E-state index is -3.98. The van der Waals surface area contributed by atoms with E-state index in [2.05, 4.69) is 39.8 Å². The minimum Gasteiger partial charge on any atom is -0.480 e. The minimum absolute atomic E-state index is 0.0220. The van der Waals surface area contributed by atoms with Crippen LogP contribution >= 0.6 is 23.6 Å². The van der Waals surface area contributed by atoms with Gasteiger partial charge in [0.25, 0.3) is 0 Å². The van der Waals surface area contributed by atoms with Gasteiger partial charge in [-0.2, -0.15) is 5.26 Å². The zero-order chi connectivity index (χ0) is 77.1. The Hall–Kier alpha value is -9.84. The summed E-state index contributed by atoms with van der Waals surface area (Å²) in [6, 6.07) is 54.1. The van der Waals surface area contributed by atoms with Crippen LogP contribution in [0, 0.1) is 19.0 Å².